The number of nitrogens with one attached hydrogen (secondary N) is 1. The average molecular weight is 550 g/mol. The molecule has 3 aromatic carbocycles. The second-order valence-corrected chi connectivity index (χ2v) is 12.3. The fourth-order valence-corrected chi connectivity index (χ4v) is 8.13. The van der Waals surface area contributed by atoms with E-state index in [1.165, 1.54) is 12.8 Å². The van der Waals surface area contributed by atoms with Crippen molar-refractivity contribution < 1.29 is 19.7 Å². The van der Waals surface area contributed by atoms with E-state index in [1.54, 1.807) is 6.07 Å². The summed E-state index contributed by atoms with van der Waals surface area (Å²) in [4.78, 5) is 29.4. The van der Waals surface area contributed by atoms with Crippen molar-refractivity contribution in [1.82, 2.24) is 4.90 Å². The van der Waals surface area contributed by atoms with Crippen LogP contribution in [0.5, 0.6) is 11.5 Å². The van der Waals surface area contributed by atoms with E-state index < -0.39 is 23.0 Å². The van der Waals surface area contributed by atoms with Crippen molar-refractivity contribution in [2.75, 3.05) is 18.4 Å². The number of hydrogen-bond donors (Lipinski definition) is 3. The summed E-state index contributed by atoms with van der Waals surface area (Å²) in [5.41, 5.74) is 2.44. The first-order valence-corrected chi connectivity index (χ1v) is 14.4. The lowest BCUT2D eigenvalue weighted by molar-refractivity contribution is -0.115. The zero-order valence-electron chi connectivity index (χ0n) is 22.5. The number of phenols is 1. The number of piperidine rings is 1. The van der Waals surface area contributed by atoms with Gasteiger partial charge in [0.2, 0.25) is 0 Å². The molecule has 1 saturated carbocycles. The summed E-state index contributed by atoms with van der Waals surface area (Å²) in [6.45, 7) is 1.64. The summed E-state index contributed by atoms with van der Waals surface area (Å²) < 4.78 is 6.32. The van der Waals surface area contributed by atoms with Gasteiger partial charge in [-0.1, -0.05) is 53.7 Å². The van der Waals surface area contributed by atoms with Crippen LogP contribution in [0.2, 0.25) is 0 Å². The Hall–Kier alpha value is -4.17. The Morgan fingerprint density at radius 3 is 2.51 bits per heavy atom. The first-order chi connectivity index (χ1) is 19.9. The summed E-state index contributed by atoms with van der Waals surface area (Å²) >= 11 is 0. The van der Waals surface area contributed by atoms with Crippen LogP contribution < -0.4 is 10.1 Å². The molecule has 3 N–H and O–H groups in total. The van der Waals surface area contributed by atoms with Crippen LogP contribution in [-0.4, -0.2) is 51.8 Å². The van der Waals surface area contributed by atoms with Gasteiger partial charge in [-0.15, -0.1) is 0 Å². The Morgan fingerprint density at radius 2 is 1.78 bits per heavy atom. The lowest BCUT2D eigenvalue weighted by Crippen LogP contribution is -2.74. The van der Waals surface area contributed by atoms with Crippen molar-refractivity contribution in [3.8, 4) is 22.6 Å². The Balaban J connectivity index is 1.19. The number of ether oxygens (including phenoxy) is 1. The maximum absolute atomic E-state index is 13.8. The van der Waals surface area contributed by atoms with Gasteiger partial charge in [0.05, 0.1) is 11.0 Å². The molecule has 8 rings (SSSR count). The van der Waals surface area contributed by atoms with Gasteiger partial charge in [0.25, 0.3) is 5.91 Å². The smallest absolute Gasteiger partial charge is 0.255 e. The van der Waals surface area contributed by atoms with Crippen LogP contribution >= 0.6 is 0 Å². The van der Waals surface area contributed by atoms with E-state index in [1.807, 2.05) is 60.7 Å². The van der Waals surface area contributed by atoms with Gasteiger partial charge in [0.1, 0.15) is 11.3 Å². The molecule has 1 spiro atoms. The fourth-order valence-electron chi connectivity index (χ4n) is 8.13. The molecule has 3 aromatic rings. The van der Waals surface area contributed by atoms with Gasteiger partial charge in [0.15, 0.2) is 17.6 Å². The number of aromatic hydroxyl groups is 1. The lowest BCUT2D eigenvalue weighted by atomic mass is 9.48. The molecule has 2 bridgehead atoms. The third-order valence-corrected chi connectivity index (χ3v) is 10.2. The molecule has 2 fully saturated rings. The second kappa shape index (κ2) is 8.66. The summed E-state index contributed by atoms with van der Waals surface area (Å²) in [6, 6.07) is 20.8. The van der Waals surface area contributed by atoms with E-state index in [0.29, 0.717) is 30.2 Å². The van der Waals surface area contributed by atoms with Crippen molar-refractivity contribution >= 4 is 11.6 Å². The number of carbonyl (C=O) groups excluding carboxylic acids is 1. The Morgan fingerprint density at radius 1 is 1.02 bits per heavy atom. The fraction of sp³-hybridized carbons (Fsp3) is 0.364. The first-order valence-electron chi connectivity index (χ1n) is 14.4. The number of rotatable bonds is 6. The van der Waals surface area contributed by atoms with Gasteiger partial charge in [-0.2, -0.15) is 4.91 Å². The van der Waals surface area contributed by atoms with Crippen molar-refractivity contribution in [3.05, 3.63) is 94.1 Å². The summed E-state index contributed by atoms with van der Waals surface area (Å²) in [5, 5.41) is 29.3. The number of anilines is 1. The van der Waals surface area contributed by atoms with Crippen LogP contribution in [0.25, 0.3) is 11.1 Å². The molecule has 208 valence electrons. The molecule has 2 heterocycles. The van der Waals surface area contributed by atoms with Gasteiger partial charge in [-0.25, -0.2) is 0 Å². The summed E-state index contributed by atoms with van der Waals surface area (Å²) in [5.74, 6) is 0.242. The molecular formula is C33H31N3O5. The largest absolute Gasteiger partial charge is 0.508 e. The van der Waals surface area contributed by atoms with Crippen LogP contribution in [0.1, 0.15) is 36.8 Å². The number of likely N-dealkylation sites (tertiary alicyclic amines) is 1. The third kappa shape index (κ3) is 3.34. The number of benzene rings is 3. The van der Waals surface area contributed by atoms with Gasteiger partial charge >= 0.3 is 0 Å². The molecule has 5 aliphatic rings. The summed E-state index contributed by atoms with van der Waals surface area (Å²) in [6.07, 6.45) is 2.55. The minimum Gasteiger partial charge on any atom is -0.508 e. The Kier molecular flexibility index (Phi) is 5.20. The topological polar surface area (TPSA) is 111 Å². The van der Waals surface area contributed by atoms with Crippen molar-refractivity contribution in [3.63, 3.8) is 0 Å². The highest BCUT2D eigenvalue weighted by atomic mass is 16.5. The molecule has 2 aliphatic heterocycles. The minimum absolute atomic E-state index is 0.0104. The molecule has 3 aliphatic carbocycles. The molecule has 1 saturated heterocycles. The van der Waals surface area contributed by atoms with E-state index in [4.69, 9.17) is 4.74 Å². The van der Waals surface area contributed by atoms with Crippen molar-refractivity contribution in [1.29, 1.82) is 0 Å². The Bertz CT molecular complexity index is 1620. The average Bonchev–Trinajstić information content (AvgIpc) is 3.74. The third-order valence-electron chi connectivity index (χ3n) is 10.2. The number of nitroso groups, excluding NO2 is 1. The molecular weight excluding hydrogens is 518 g/mol. The van der Waals surface area contributed by atoms with E-state index in [-0.39, 0.29) is 29.5 Å². The molecule has 0 aromatic heterocycles. The molecule has 0 unspecified atom stereocenters. The van der Waals surface area contributed by atoms with Gasteiger partial charge in [0, 0.05) is 30.3 Å². The number of hydrogen-bond acceptors (Lipinski definition) is 7. The molecule has 41 heavy (non-hydrogen) atoms. The van der Waals surface area contributed by atoms with E-state index in [9.17, 15) is 19.9 Å². The van der Waals surface area contributed by atoms with Crippen LogP contribution in [0.3, 0.4) is 0 Å². The standard InChI is InChI=1S/C33H31N3O5/c37-25-13-10-22-16-26-33(35-40)17-24(31(39)34-23-11-8-21(9-12-23)20-4-2-1-3-5-20)28(38)30-32(33,27(22)29(25)41-30)14-15-36(26)18-19-6-7-19/h1-5,8-13,19,26,30,37-38H,6-7,14-18H2,(H,34,39)/t26-,30+,32+,33-/m1/s1. The number of nitrogens with zero attached hydrogens (tertiary/aromatic N) is 2. The number of aliphatic hydroxyl groups excluding tert-OH is 1. The van der Waals surface area contributed by atoms with Crippen LogP contribution in [0.4, 0.5) is 5.69 Å². The molecule has 8 nitrogen and oxygen atoms in total. The van der Waals surface area contributed by atoms with E-state index >= 15 is 0 Å². The van der Waals surface area contributed by atoms with E-state index in [0.717, 1.165) is 35.3 Å². The first kappa shape index (κ1) is 24.6. The number of aliphatic hydroxyl groups is 1. The van der Waals surface area contributed by atoms with Gasteiger partial charge in [-0.3, -0.25) is 9.69 Å². The number of phenolic OH excluding ortho intramolecular Hbond substituents is 1. The van der Waals surface area contributed by atoms with E-state index in [2.05, 4.69) is 15.4 Å². The van der Waals surface area contributed by atoms with Crippen LogP contribution in [-0.2, 0) is 16.6 Å². The highest BCUT2D eigenvalue weighted by Crippen LogP contribution is 2.67. The van der Waals surface area contributed by atoms with Gasteiger partial charge in [-0.05, 0) is 73.0 Å². The molecule has 1 amide bonds. The number of carbonyl (C=O) groups is 1. The summed E-state index contributed by atoms with van der Waals surface area (Å²) in [7, 11) is 0. The maximum atomic E-state index is 13.8. The van der Waals surface area contributed by atoms with Crippen LogP contribution in [0.15, 0.2) is 83.2 Å². The maximum Gasteiger partial charge on any atom is 0.255 e. The van der Waals surface area contributed by atoms with Gasteiger partial charge < -0.3 is 20.3 Å². The van der Waals surface area contributed by atoms with Crippen molar-refractivity contribution in [2.24, 2.45) is 11.1 Å². The Labute approximate surface area is 237 Å². The highest BCUT2D eigenvalue weighted by molar-refractivity contribution is 6.05. The minimum atomic E-state index is -1.22. The highest BCUT2D eigenvalue weighted by Gasteiger charge is 2.75. The second-order valence-electron chi connectivity index (χ2n) is 12.3. The molecule has 0 radical (unpaired) electrons. The normalized spacial score (nSPS) is 29.5. The molecule has 8 heteroatoms. The van der Waals surface area contributed by atoms with Crippen LogP contribution in [0, 0.1) is 10.8 Å². The quantitative estimate of drug-likeness (QED) is 0.352. The zero-order valence-corrected chi connectivity index (χ0v) is 22.5. The number of amides is 1. The lowest BCUT2D eigenvalue weighted by Gasteiger charge is -2.61. The molecule has 4 atom stereocenters. The predicted molar refractivity (Wildman–Crippen MR) is 154 cm³/mol. The van der Waals surface area contributed by atoms with Crippen molar-refractivity contribution in [2.45, 2.75) is 55.2 Å². The SMILES string of the molecule is O=N[C@@]12CC(C(=O)Nc3ccc(-c4ccccc4)cc3)=C(O)[C@@H]3Oc4c(O)ccc5c4[C@@]31CCN(CC1CC1)[C@@H]2C5. The monoisotopic (exact) mass is 549 g/mol. The predicted octanol–water partition coefficient (Wildman–Crippen LogP) is 5.46. The zero-order chi connectivity index (χ0) is 27.9.